The molecule has 1 aliphatic heterocycles. The summed E-state index contributed by atoms with van der Waals surface area (Å²) in [5.74, 6) is 1.32. The van der Waals surface area contributed by atoms with Gasteiger partial charge in [0.05, 0.1) is 21.5 Å². The summed E-state index contributed by atoms with van der Waals surface area (Å²) in [5.41, 5.74) is 2.10. The molecular formula is C18H12BrF3N2O. The Balaban J connectivity index is 1.71. The van der Waals surface area contributed by atoms with Crippen LogP contribution in [0.25, 0.3) is 11.0 Å². The van der Waals surface area contributed by atoms with E-state index in [9.17, 15) is 13.2 Å². The number of aromatic nitrogens is 2. The zero-order chi connectivity index (χ0) is 17.3. The van der Waals surface area contributed by atoms with Crippen LogP contribution in [0.1, 0.15) is 29.8 Å². The molecule has 7 heteroatoms. The second-order valence-electron chi connectivity index (χ2n) is 6.46. The Kier molecular flexibility index (Phi) is 3.20. The van der Waals surface area contributed by atoms with Gasteiger partial charge in [0.2, 0.25) is 0 Å². The number of benzene rings is 2. The van der Waals surface area contributed by atoms with Crippen LogP contribution in [0.15, 0.2) is 40.9 Å². The molecule has 0 N–H and O–H groups in total. The fourth-order valence-electron chi connectivity index (χ4n) is 4.01. The molecule has 0 bridgehead atoms. The number of ether oxygens (including phenoxy) is 1. The highest BCUT2D eigenvalue weighted by molar-refractivity contribution is 9.10. The molecule has 0 radical (unpaired) electrons. The van der Waals surface area contributed by atoms with Crippen LogP contribution in [-0.2, 0) is 0 Å². The molecule has 3 unspecified atom stereocenters. The normalized spacial score (nSPS) is 23.8. The van der Waals surface area contributed by atoms with Crippen molar-refractivity contribution >= 4 is 27.0 Å². The fourth-order valence-corrected chi connectivity index (χ4v) is 4.34. The number of halogens is 4. The summed E-state index contributed by atoms with van der Waals surface area (Å²) < 4.78 is 46.6. The van der Waals surface area contributed by atoms with E-state index in [-0.39, 0.29) is 17.6 Å². The van der Waals surface area contributed by atoms with Gasteiger partial charge in [-0.3, -0.25) is 0 Å². The van der Waals surface area contributed by atoms with E-state index >= 15 is 0 Å². The van der Waals surface area contributed by atoms with Crippen LogP contribution >= 0.6 is 15.9 Å². The van der Waals surface area contributed by atoms with Gasteiger partial charge in [0.25, 0.3) is 0 Å². The smallest absolute Gasteiger partial charge is 0.387 e. The minimum Gasteiger partial charge on any atom is -0.434 e. The highest BCUT2D eigenvalue weighted by Gasteiger charge is 2.55. The first-order valence-electron chi connectivity index (χ1n) is 7.95. The summed E-state index contributed by atoms with van der Waals surface area (Å²) in [4.78, 5) is 4.60. The van der Waals surface area contributed by atoms with Gasteiger partial charge < -0.3 is 9.30 Å². The monoisotopic (exact) mass is 408 g/mol. The average molecular weight is 409 g/mol. The zero-order valence-electron chi connectivity index (χ0n) is 12.8. The fraction of sp³-hybridized carbons (Fsp3) is 0.278. The van der Waals surface area contributed by atoms with Gasteiger partial charge in [0.1, 0.15) is 17.4 Å². The van der Waals surface area contributed by atoms with Crippen molar-refractivity contribution in [1.29, 1.82) is 0 Å². The van der Waals surface area contributed by atoms with Gasteiger partial charge in [0, 0.05) is 17.5 Å². The van der Waals surface area contributed by atoms with Gasteiger partial charge in [-0.15, -0.1) is 0 Å². The van der Waals surface area contributed by atoms with Crippen molar-refractivity contribution < 1.29 is 17.9 Å². The molecular weight excluding hydrogens is 397 g/mol. The molecule has 1 fully saturated rings. The summed E-state index contributed by atoms with van der Waals surface area (Å²) in [6.45, 7) is -2.88. The molecule has 1 aliphatic carbocycles. The van der Waals surface area contributed by atoms with Crippen LogP contribution in [0.5, 0.6) is 5.75 Å². The Morgan fingerprint density at radius 1 is 1.24 bits per heavy atom. The molecule has 128 valence electrons. The summed E-state index contributed by atoms with van der Waals surface area (Å²) in [7, 11) is 0. The number of rotatable bonds is 3. The quantitative estimate of drug-likeness (QED) is 0.591. The van der Waals surface area contributed by atoms with Crippen LogP contribution in [0.2, 0.25) is 0 Å². The Bertz CT molecular complexity index is 1000. The molecule has 3 aromatic rings. The number of hydrogen-bond acceptors (Lipinski definition) is 2. The summed E-state index contributed by atoms with van der Waals surface area (Å²) in [6.07, 6.45) is 0.959. The van der Waals surface area contributed by atoms with Crippen molar-refractivity contribution in [3.8, 4) is 5.75 Å². The number of imidazole rings is 1. The molecule has 3 nitrogen and oxygen atoms in total. The molecule has 0 amide bonds. The number of nitrogens with zero attached hydrogens (tertiary/aromatic N) is 2. The van der Waals surface area contributed by atoms with E-state index < -0.39 is 6.61 Å². The summed E-state index contributed by atoms with van der Waals surface area (Å²) >= 11 is 3.22. The lowest BCUT2D eigenvalue weighted by Crippen LogP contribution is -2.13. The SMILES string of the molecule is Fc1cc2nc3n(c2cc1Br)C(c1ccccc1OC(F)F)C1CC31. The van der Waals surface area contributed by atoms with E-state index in [1.54, 1.807) is 18.2 Å². The third kappa shape index (κ3) is 2.21. The van der Waals surface area contributed by atoms with Crippen molar-refractivity contribution in [3.05, 3.63) is 58.1 Å². The molecule has 0 spiro atoms. The van der Waals surface area contributed by atoms with Crippen LogP contribution in [0, 0.1) is 11.7 Å². The molecule has 2 heterocycles. The topological polar surface area (TPSA) is 27.1 Å². The number of hydrogen-bond donors (Lipinski definition) is 0. The highest BCUT2D eigenvalue weighted by Crippen LogP contribution is 2.62. The first-order chi connectivity index (χ1) is 12.0. The molecule has 1 aromatic heterocycles. The molecule has 2 aromatic carbocycles. The van der Waals surface area contributed by atoms with E-state index in [0.717, 1.165) is 17.8 Å². The first-order valence-corrected chi connectivity index (χ1v) is 8.74. The molecule has 2 aliphatic rings. The van der Waals surface area contributed by atoms with Gasteiger partial charge in [0.15, 0.2) is 0 Å². The lowest BCUT2D eigenvalue weighted by atomic mass is 10.0. The Hall–Kier alpha value is -2.02. The highest BCUT2D eigenvalue weighted by atomic mass is 79.9. The molecule has 1 saturated carbocycles. The van der Waals surface area contributed by atoms with Gasteiger partial charge >= 0.3 is 6.61 Å². The lowest BCUT2D eigenvalue weighted by molar-refractivity contribution is -0.0507. The van der Waals surface area contributed by atoms with E-state index in [0.29, 0.717) is 27.4 Å². The molecule has 5 rings (SSSR count). The summed E-state index contributed by atoms with van der Waals surface area (Å²) in [5, 5.41) is 0. The molecule has 25 heavy (non-hydrogen) atoms. The Morgan fingerprint density at radius 2 is 2.04 bits per heavy atom. The van der Waals surface area contributed by atoms with Crippen molar-refractivity contribution in [1.82, 2.24) is 9.55 Å². The third-order valence-corrected chi connectivity index (χ3v) is 5.68. The van der Waals surface area contributed by atoms with E-state index in [4.69, 9.17) is 4.74 Å². The van der Waals surface area contributed by atoms with Gasteiger partial charge in [-0.1, -0.05) is 18.2 Å². The third-order valence-electron chi connectivity index (χ3n) is 5.07. The first kappa shape index (κ1) is 15.3. The number of alkyl halides is 2. The molecule has 0 saturated heterocycles. The van der Waals surface area contributed by atoms with Crippen molar-refractivity contribution in [2.24, 2.45) is 5.92 Å². The Labute approximate surface area is 149 Å². The van der Waals surface area contributed by atoms with Gasteiger partial charge in [-0.05, 0) is 40.4 Å². The van der Waals surface area contributed by atoms with Crippen LogP contribution in [0.3, 0.4) is 0 Å². The maximum atomic E-state index is 13.8. The van der Waals surface area contributed by atoms with Crippen LogP contribution < -0.4 is 4.74 Å². The standard InChI is InChI=1S/C18H12BrF3N2O/c19-11-6-14-13(7-12(11)20)23-17-10-5-9(10)16(24(14)17)8-3-1-2-4-15(8)25-18(21)22/h1-4,6-7,9-10,16,18H,5H2. The van der Waals surface area contributed by atoms with E-state index in [1.807, 2.05) is 16.7 Å². The van der Waals surface area contributed by atoms with E-state index in [1.165, 1.54) is 6.07 Å². The average Bonchev–Trinajstić information content (AvgIpc) is 3.18. The molecule has 3 atom stereocenters. The van der Waals surface area contributed by atoms with Crippen LogP contribution in [-0.4, -0.2) is 16.2 Å². The maximum Gasteiger partial charge on any atom is 0.387 e. The number of para-hydroxylation sites is 1. The number of fused-ring (bicyclic) bond motifs is 5. The predicted octanol–water partition coefficient (Wildman–Crippen LogP) is 5.25. The minimum absolute atomic E-state index is 0.127. The maximum absolute atomic E-state index is 13.8. The predicted molar refractivity (Wildman–Crippen MR) is 89.5 cm³/mol. The van der Waals surface area contributed by atoms with Crippen molar-refractivity contribution in [2.75, 3.05) is 0 Å². The lowest BCUT2D eigenvalue weighted by Gasteiger charge is -2.21. The second-order valence-corrected chi connectivity index (χ2v) is 7.32. The zero-order valence-corrected chi connectivity index (χ0v) is 14.4. The van der Waals surface area contributed by atoms with Crippen molar-refractivity contribution in [2.45, 2.75) is 25.0 Å². The Morgan fingerprint density at radius 3 is 2.84 bits per heavy atom. The minimum atomic E-state index is -2.88. The van der Waals surface area contributed by atoms with Gasteiger partial charge in [-0.2, -0.15) is 8.78 Å². The van der Waals surface area contributed by atoms with Gasteiger partial charge in [-0.25, -0.2) is 9.37 Å². The van der Waals surface area contributed by atoms with E-state index in [2.05, 4.69) is 20.9 Å². The van der Waals surface area contributed by atoms with Crippen molar-refractivity contribution in [3.63, 3.8) is 0 Å². The van der Waals surface area contributed by atoms with Crippen LogP contribution in [0.4, 0.5) is 13.2 Å². The largest absolute Gasteiger partial charge is 0.434 e. The summed E-state index contributed by atoms with van der Waals surface area (Å²) in [6, 6.07) is 9.85. The second kappa shape index (κ2) is 5.24.